The van der Waals surface area contributed by atoms with E-state index in [1.54, 1.807) is 13.2 Å². The quantitative estimate of drug-likeness (QED) is 0.608. The fraction of sp³-hybridized carbons (Fsp3) is 0.286. The number of rotatable bonds is 2. The molecule has 0 saturated heterocycles. The summed E-state index contributed by atoms with van der Waals surface area (Å²) in [4.78, 5) is 11.1. The van der Waals surface area contributed by atoms with Crippen molar-refractivity contribution in [2.45, 2.75) is 0 Å². The van der Waals surface area contributed by atoms with Gasteiger partial charge in [0.15, 0.2) is 0 Å². The molecule has 0 aromatic carbocycles. The Bertz CT molecular complexity index is 322. The molecule has 1 heterocycles. The molecule has 1 aromatic rings. The van der Waals surface area contributed by atoms with Crippen LogP contribution < -0.4 is 5.32 Å². The molecular weight excluding hydrogens is 156 g/mol. The van der Waals surface area contributed by atoms with Gasteiger partial charge in [0.05, 0.1) is 17.8 Å². The van der Waals surface area contributed by atoms with Crippen molar-refractivity contribution in [2.75, 3.05) is 6.54 Å². The van der Waals surface area contributed by atoms with Crippen LogP contribution in [0.25, 0.3) is 0 Å². The first-order valence-corrected chi connectivity index (χ1v) is 3.38. The highest BCUT2D eigenvalue weighted by Gasteiger charge is 2.05. The third-order valence-electron chi connectivity index (χ3n) is 1.30. The van der Waals surface area contributed by atoms with Gasteiger partial charge in [0.1, 0.15) is 6.54 Å². The monoisotopic (exact) mass is 164 g/mol. The van der Waals surface area contributed by atoms with Crippen molar-refractivity contribution in [3.8, 4) is 6.07 Å². The summed E-state index contributed by atoms with van der Waals surface area (Å²) < 4.78 is 1.53. The second-order valence-electron chi connectivity index (χ2n) is 2.24. The third kappa shape index (κ3) is 1.83. The summed E-state index contributed by atoms with van der Waals surface area (Å²) in [7, 11) is 1.72. The Kier molecular flexibility index (Phi) is 2.43. The summed E-state index contributed by atoms with van der Waals surface area (Å²) in [6, 6.07) is 1.82. The smallest absolute Gasteiger partial charge is 0.255 e. The van der Waals surface area contributed by atoms with Crippen LogP contribution in [0.1, 0.15) is 10.4 Å². The number of nitrogens with one attached hydrogen (secondary N) is 1. The molecule has 1 N–H and O–H groups in total. The van der Waals surface area contributed by atoms with Gasteiger partial charge >= 0.3 is 0 Å². The molecular formula is C7H8N4O. The third-order valence-corrected chi connectivity index (χ3v) is 1.30. The summed E-state index contributed by atoms with van der Waals surface area (Å²) in [5.41, 5.74) is 0.466. The lowest BCUT2D eigenvalue weighted by atomic mass is 10.3. The minimum absolute atomic E-state index is 0.0216. The predicted octanol–water partition coefficient (Wildman–Crippen LogP) is -0.327. The van der Waals surface area contributed by atoms with Gasteiger partial charge in [-0.2, -0.15) is 10.4 Å². The van der Waals surface area contributed by atoms with Gasteiger partial charge in [0.25, 0.3) is 5.91 Å². The van der Waals surface area contributed by atoms with E-state index in [1.165, 1.54) is 10.9 Å². The van der Waals surface area contributed by atoms with Crippen molar-refractivity contribution in [3.63, 3.8) is 0 Å². The van der Waals surface area contributed by atoms with Crippen molar-refractivity contribution in [2.24, 2.45) is 7.05 Å². The Hall–Kier alpha value is -1.83. The molecule has 0 aliphatic heterocycles. The maximum absolute atomic E-state index is 11.1. The first-order chi connectivity index (χ1) is 5.74. The normalized spacial score (nSPS) is 9.00. The average Bonchev–Trinajstić information content (AvgIpc) is 2.47. The van der Waals surface area contributed by atoms with E-state index in [0.717, 1.165) is 0 Å². The highest BCUT2D eigenvalue weighted by molar-refractivity contribution is 5.93. The van der Waals surface area contributed by atoms with Gasteiger partial charge < -0.3 is 5.32 Å². The van der Waals surface area contributed by atoms with E-state index in [-0.39, 0.29) is 12.5 Å². The maximum atomic E-state index is 11.1. The van der Waals surface area contributed by atoms with Crippen LogP contribution in [-0.2, 0) is 7.05 Å². The average molecular weight is 164 g/mol. The Morgan fingerprint density at radius 2 is 2.67 bits per heavy atom. The summed E-state index contributed by atoms with van der Waals surface area (Å²) in [5.74, 6) is -0.273. The van der Waals surface area contributed by atoms with Crippen LogP contribution in [0.3, 0.4) is 0 Å². The van der Waals surface area contributed by atoms with E-state index in [9.17, 15) is 4.79 Å². The van der Waals surface area contributed by atoms with Gasteiger partial charge in [0, 0.05) is 13.2 Å². The van der Waals surface area contributed by atoms with Gasteiger partial charge in [0.2, 0.25) is 0 Å². The van der Waals surface area contributed by atoms with Crippen LogP contribution in [0.4, 0.5) is 0 Å². The number of nitrogens with zero attached hydrogens (tertiary/aromatic N) is 3. The maximum Gasteiger partial charge on any atom is 0.255 e. The number of nitriles is 1. The number of amides is 1. The van der Waals surface area contributed by atoms with Crippen LogP contribution in [0, 0.1) is 11.3 Å². The van der Waals surface area contributed by atoms with E-state index in [1.807, 2.05) is 6.07 Å². The van der Waals surface area contributed by atoms with Crippen LogP contribution >= 0.6 is 0 Å². The van der Waals surface area contributed by atoms with Crippen molar-refractivity contribution < 1.29 is 4.79 Å². The fourth-order valence-electron chi connectivity index (χ4n) is 0.760. The van der Waals surface area contributed by atoms with Gasteiger partial charge in [-0.15, -0.1) is 0 Å². The molecule has 1 rings (SSSR count). The van der Waals surface area contributed by atoms with E-state index in [2.05, 4.69) is 10.4 Å². The second kappa shape index (κ2) is 3.53. The summed E-state index contributed by atoms with van der Waals surface area (Å²) >= 11 is 0. The zero-order chi connectivity index (χ0) is 8.97. The minimum atomic E-state index is -0.273. The SMILES string of the molecule is Cn1cc(C(=O)NCC#N)cn1. The van der Waals surface area contributed by atoms with E-state index in [0.29, 0.717) is 5.56 Å². The Labute approximate surface area is 69.6 Å². The van der Waals surface area contributed by atoms with Crippen molar-refractivity contribution >= 4 is 5.91 Å². The van der Waals surface area contributed by atoms with Crippen molar-refractivity contribution in [1.29, 1.82) is 5.26 Å². The number of hydrogen-bond donors (Lipinski definition) is 1. The molecule has 5 heteroatoms. The van der Waals surface area contributed by atoms with Crippen molar-refractivity contribution in [3.05, 3.63) is 18.0 Å². The Morgan fingerprint density at radius 1 is 1.92 bits per heavy atom. The molecule has 0 spiro atoms. The number of aryl methyl sites for hydroxylation is 1. The fourth-order valence-corrected chi connectivity index (χ4v) is 0.760. The molecule has 12 heavy (non-hydrogen) atoms. The zero-order valence-electron chi connectivity index (χ0n) is 6.61. The standard InChI is InChI=1S/C7H8N4O/c1-11-5-6(4-10-11)7(12)9-3-2-8/h4-5H,3H2,1H3,(H,9,12). The molecule has 0 saturated carbocycles. The lowest BCUT2D eigenvalue weighted by molar-refractivity contribution is 0.0958. The molecule has 1 amide bonds. The minimum Gasteiger partial charge on any atom is -0.339 e. The summed E-state index contributed by atoms with van der Waals surface area (Å²) in [6.07, 6.45) is 3.04. The van der Waals surface area contributed by atoms with Crippen LogP contribution in [0.15, 0.2) is 12.4 Å². The molecule has 5 nitrogen and oxygen atoms in total. The second-order valence-corrected chi connectivity index (χ2v) is 2.24. The van der Waals surface area contributed by atoms with Crippen molar-refractivity contribution in [1.82, 2.24) is 15.1 Å². The number of hydrogen-bond acceptors (Lipinski definition) is 3. The molecule has 0 atom stereocenters. The van der Waals surface area contributed by atoms with Gasteiger partial charge in [-0.3, -0.25) is 9.48 Å². The van der Waals surface area contributed by atoms with Gasteiger partial charge in [-0.1, -0.05) is 0 Å². The largest absolute Gasteiger partial charge is 0.339 e. The van der Waals surface area contributed by atoms with Gasteiger partial charge in [-0.25, -0.2) is 0 Å². The summed E-state index contributed by atoms with van der Waals surface area (Å²) in [5, 5.41) is 14.4. The number of carbonyl (C=O) groups is 1. The van der Waals surface area contributed by atoms with Crippen LogP contribution in [-0.4, -0.2) is 22.2 Å². The molecule has 0 radical (unpaired) electrons. The lowest BCUT2D eigenvalue weighted by Crippen LogP contribution is -2.22. The van der Waals surface area contributed by atoms with E-state index >= 15 is 0 Å². The number of aromatic nitrogens is 2. The lowest BCUT2D eigenvalue weighted by Gasteiger charge is -1.94. The molecule has 0 fully saturated rings. The number of carbonyl (C=O) groups excluding carboxylic acids is 1. The van der Waals surface area contributed by atoms with E-state index in [4.69, 9.17) is 5.26 Å². The molecule has 0 aliphatic rings. The highest BCUT2D eigenvalue weighted by atomic mass is 16.1. The molecule has 0 unspecified atom stereocenters. The Morgan fingerprint density at radius 3 is 3.17 bits per heavy atom. The van der Waals surface area contributed by atoms with Crippen LogP contribution in [0.2, 0.25) is 0 Å². The molecule has 1 aromatic heterocycles. The predicted molar refractivity (Wildman–Crippen MR) is 41.2 cm³/mol. The topological polar surface area (TPSA) is 70.7 Å². The molecule has 0 bridgehead atoms. The molecule has 0 aliphatic carbocycles. The zero-order valence-corrected chi connectivity index (χ0v) is 6.61. The van der Waals surface area contributed by atoms with Crippen LogP contribution in [0.5, 0.6) is 0 Å². The van der Waals surface area contributed by atoms with E-state index < -0.39 is 0 Å². The molecule has 62 valence electrons. The van der Waals surface area contributed by atoms with Gasteiger partial charge in [-0.05, 0) is 0 Å². The Balaban J connectivity index is 2.61. The first kappa shape index (κ1) is 8.27. The highest BCUT2D eigenvalue weighted by Crippen LogP contribution is 1.94. The summed E-state index contributed by atoms with van der Waals surface area (Å²) in [6.45, 7) is 0.0216. The first-order valence-electron chi connectivity index (χ1n) is 3.38.